The van der Waals surface area contributed by atoms with E-state index in [1.807, 2.05) is 4.90 Å². The predicted octanol–water partition coefficient (Wildman–Crippen LogP) is 2.96. The molecule has 0 saturated heterocycles. The summed E-state index contributed by atoms with van der Waals surface area (Å²) in [5, 5.41) is 9.62. The van der Waals surface area contributed by atoms with Crippen molar-refractivity contribution < 1.29 is 9.90 Å². The highest BCUT2D eigenvalue weighted by molar-refractivity contribution is 5.96. The van der Waals surface area contributed by atoms with Crippen LogP contribution in [-0.2, 0) is 0 Å². The van der Waals surface area contributed by atoms with E-state index in [0.29, 0.717) is 11.1 Å². The first-order valence-corrected chi connectivity index (χ1v) is 6.19. The van der Waals surface area contributed by atoms with Crippen LogP contribution in [0.5, 0.6) is 5.75 Å². The molecule has 0 aliphatic heterocycles. The van der Waals surface area contributed by atoms with Crippen LogP contribution in [0.2, 0.25) is 0 Å². The lowest BCUT2D eigenvalue weighted by molar-refractivity contribution is 0.0754. The molecule has 0 spiro atoms. The number of nitrogens with zero attached hydrogens (tertiary/aromatic N) is 1. The van der Waals surface area contributed by atoms with Crippen LogP contribution in [0.25, 0.3) is 0 Å². The molecule has 0 bridgehead atoms. The van der Waals surface area contributed by atoms with E-state index in [0.717, 1.165) is 25.9 Å². The lowest BCUT2D eigenvalue weighted by atomic mass is 10.1. The Balaban J connectivity index is 2.96. The number of aromatic hydroxyl groups is 1. The third kappa shape index (κ3) is 3.22. The summed E-state index contributed by atoms with van der Waals surface area (Å²) in [6.45, 7) is 7.43. The molecule has 3 heteroatoms. The molecule has 0 radical (unpaired) electrons. The molecule has 17 heavy (non-hydrogen) atoms. The fraction of sp³-hybridized carbons (Fsp3) is 0.500. The molecular formula is C14H21NO2. The standard InChI is InChI=1S/C14H21NO2/c1-4-9-15(10-5-2)14(17)12-7-6-8-13(16)11(12)3/h6-8,16H,4-5,9-10H2,1-3H3. The van der Waals surface area contributed by atoms with Crippen LogP contribution in [0.15, 0.2) is 18.2 Å². The molecule has 0 aliphatic carbocycles. The molecular weight excluding hydrogens is 214 g/mol. The fourth-order valence-corrected chi connectivity index (χ4v) is 1.88. The molecule has 94 valence electrons. The number of phenols is 1. The first kappa shape index (κ1) is 13.6. The summed E-state index contributed by atoms with van der Waals surface area (Å²) < 4.78 is 0. The van der Waals surface area contributed by atoms with Crippen molar-refractivity contribution >= 4 is 5.91 Å². The summed E-state index contributed by atoms with van der Waals surface area (Å²) >= 11 is 0. The van der Waals surface area contributed by atoms with Gasteiger partial charge >= 0.3 is 0 Å². The highest BCUT2D eigenvalue weighted by Crippen LogP contribution is 2.21. The Bertz CT molecular complexity index is 382. The molecule has 1 aromatic rings. The number of amides is 1. The highest BCUT2D eigenvalue weighted by atomic mass is 16.3. The molecule has 1 N–H and O–H groups in total. The van der Waals surface area contributed by atoms with E-state index < -0.39 is 0 Å². The van der Waals surface area contributed by atoms with E-state index in [1.54, 1.807) is 25.1 Å². The molecule has 3 nitrogen and oxygen atoms in total. The van der Waals surface area contributed by atoms with Gasteiger partial charge in [-0.05, 0) is 31.9 Å². The van der Waals surface area contributed by atoms with Gasteiger partial charge in [0.05, 0.1) is 0 Å². The third-order valence-corrected chi connectivity index (χ3v) is 2.81. The summed E-state index contributed by atoms with van der Waals surface area (Å²) in [5.74, 6) is 0.200. The number of phenolic OH excluding ortho intramolecular Hbond substituents is 1. The lowest BCUT2D eigenvalue weighted by Gasteiger charge is -2.22. The molecule has 0 aromatic heterocycles. The van der Waals surface area contributed by atoms with Crippen LogP contribution in [0.3, 0.4) is 0 Å². The highest BCUT2D eigenvalue weighted by Gasteiger charge is 2.17. The lowest BCUT2D eigenvalue weighted by Crippen LogP contribution is -2.32. The van der Waals surface area contributed by atoms with Crippen molar-refractivity contribution in [2.75, 3.05) is 13.1 Å². The smallest absolute Gasteiger partial charge is 0.254 e. The predicted molar refractivity (Wildman–Crippen MR) is 69.3 cm³/mol. The largest absolute Gasteiger partial charge is 0.508 e. The Labute approximate surface area is 103 Å². The Kier molecular flexibility index (Phi) is 5.01. The number of hydrogen-bond acceptors (Lipinski definition) is 2. The summed E-state index contributed by atoms with van der Waals surface area (Å²) in [4.78, 5) is 14.2. The summed E-state index contributed by atoms with van der Waals surface area (Å²) in [7, 11) is 0. The maximum absolute atomic E-state index is 12.3. The minimum atomic E-state index is 0.0158. The number of hydrogen-bond donors (Lipinski definition) is 1. The maximum atomic E-state index is 12.3. The van der Waals surface area contributed by atoms with Crippen LogP contribution in [-0.4, -0.2) is 29.0 Å². The van der Waals surface area contributed by atoms with Crippen molar-refractivity contribution in [3.05, 3.63) is 29.3 Å². The van der Waals surface area contributed by atoms with Gasteiger partial charge in [-0.2, -0.15) is 0 Å². The van der Waals surface area contributed by atoms with Gasteiger partial charge in [-0.3, -0.25) is 4.79 Å². The quantitative estimate of drug-likeness (QED) is 0.852. The first-order chi connectivity index (χ1) is 8.11. The van der Waals surface area contributed by atoms with Crippen molar-refractivity contribution in [2.24, 2.45) is 0 Å². The monoisotopic (exact) mass is 235 g/mol. The van der Waals surface area contributed by atoms with Crippen molar-refractivity contribution in [3.8, 4) is 5.75 Å². The third-order valence-electron chi connectivity index (χ3n) is 2.81. The molecule has 0 aliphatic rings. The summed E-state index contributed by atoms with van der Waals surface area (Å²) in [6.07, 6.45) is 1.90. The molecule has 1 rings (SSSR count). The molecule has 1 amide bonds. The van der Waals surface area contributed by atoms with Crippen LogP contribution in [0.1, 0.15) is 42.6 Å². The van der Waals surface area contributed by atoms with Gasteiger partial charge in [0.1, 0.15) is 5.75 Å². The van der Waals surface area contributed by atoms with E-state index in [2.05, 4.69) is 13.8 Å². The maximum Gasteiger partial charge on any atom is 0.254 e. The molecule has 0 atom stereocenters. The van der Waals surface area contributed by atoms with Crippen LogP contribution in [0, 0.1) is 6.92 Å². The van der Waals surface area contributed by atoms with E-state index >= 15 is 0 Å². The Morgan fingerprint density at radius 3 is 2.35 bits per heavy atom. The topological polar surface area (TPSA) is 40.5 Å². The van der Waals surface area contributed by atoms with Crippen LogP contribution < -0.4 is 0 Å². The second-order valence-electron chi connectivity index (χ2n) is 4.24. The number of benzene rings is 1. The van der Waals surface area contributed by atoms with Crippen LogP contribution in [0.4, 0.5) is 0 Å². The zero-order valence-corrected chi connectivity index (χ0v) is 10.9. The van der Waals surface area contributed by atoms with Gasteiger partial charge in [-0.25, -0.2) is 0 Å². The van der Waals surface area contributed by atoms with E-state index in [1.165, 1.54) is 0 Å². The van der Waals surface area contributed by atoms with Gasteiger partial charge in [-0.1, -0.05) is 19.9 Å². The van der Waals surface area contributed by atoms with Crippen molar-refractivity contribution in [1.82, 2.24) is 4.90 Å². The van der Waals surface area contributed by atoms with Gasteiger partial charge in [0.25, 0.3) is 5.91 Å². The van der Waals surface area contributed by atoms with E-state index in [9.17, 15) is 9.90 Å². The van der Waals surface area contributed by atoms with Gasteiger partial charge in [0.15, 0.2) is 0 Å². The Hall–Kier alpha value is -1.51. The second-order valence-corrected chi connectivity index (χ2v) is 4.24. The Morgan fingerprint density at radius 2 is 1.82 bits per heavy atom. The molecule has 0 saturated carbocycles. The zero-order valence-electron chi connectivity index (χ0n) is 10.9. The van der Waals surface area contributed by atoms with Gasteiger partial charge in [-0.15, -0.1) is 0 Å². The fourth-order valence-electron chi connectivity index (χ4n) is 1.88. The minimum Gasteiger partial charge on any atom is -0.508 e. The average molecular weight is 235 g/mol. The zero-order chi connectivity index (χ0) is 12.8. The summed E-state index contributed by atoms with van der Waals surface area (Å²) in [6, 6.07) is 5.09. The van der Waals surface area contributed by atoms with Crippen molar-refractivity contribution in [3.63, 3.8) is 0 Å². The van der Waals surface area contributed by atoms with Gasteiger partial charge < -0.3 is 10.0 Å². The SMILES string of the molecule is CCCN(CCC)C(=O)c1cccc(O)c1C. The normalized spacial score (nSPS) is 10.3. The van der Waals surface area contributed by atoms with E-state index in [4.69, 9.17) is 0 Å². The van der Waals surface area contributed by atoms with Crippen LogP contribution >= 0.6 is 0 Å². The van der Waals surface area contributed by atoms with Gasteiger partial charge in [0.2, 0.25) is 0 Å². The van der Waals surface area contributed by atoms with E-state index in [-0.39, 0.29) is 11.7 Å². The average Bonchev–Trinajstić information content (AvgIpc) is 2.31. The van der Waals surface area contributed by atoms with Gasteiger partial charge in [0, 0.05) is 24.2 Å². The summed E-state index contributed by atoms with van der Waals surface area (Å²) in [5.41, 5.74) is 1.27. The number of carbonyl (C=O) groups excluding carboxylic acids is 1. The Morgan fingerprint density at radius 1 is 1.24 bits per heavy atom. The number of carbonyl (C=O) groups is 1. The van der Waals surface area contributed by atoms with Crippen molar-refractivity contribution in [1.29, 1.82) is 0 Å². The number of rotatable bonds is 5. The molecule has 0 heterocycles. The first-order valence-electron chi connectivity index (χ1n) is 6.19. The molecule has 1 aromatic carbocycles. The van der Waals surface area contributed by atoms with Crippen molar-refractivity contribution in [2.45, 2.75) is 33.6 Å². The molecule has 0 fully saturated rings. The second kappa shape index (κ2) is 6.28. The molecule has 0 unspecified atom stereocenters. The minimum absolute atomic E-state index is 0.0158.